The molecule has 4 nitrogen and oxygen atoms in total. The van der Waals surface area contributed by atoms with Crippen LogP contribution >= 0.6 is 0 Å². The van der Waals surface area contributed by atoms with Gasteiger partial charge in [0.25, 0.3) is 0 Å². The molecule has 4 heteroatoms. The number of Topliss-reactive ketones (excluding diaryl/α,β-unsaturated/α-hetero) is 1. The van der Waals surface area contributed by atoms with Crippen molar-refractivity contribution in [2.45, 2.75) is 83.7 Å². The maximum atomic E-state index is 12.0. The van der Waals surface area contributed by atoms with Gasteiger partial charge in [-0.15, -0.1) is 0 Å². The summed E-state index contributed by atoms with van der Waals surface area (Å²) in [7, 11) is 1.50. The number of benzene rings is 1. The van der Waals surface area contributed by atoms with Crippen LogP contribution in [0.15, 0.2) is 18.2 Å². The average Bonchev–Trinajstić information content (AvgIpc) is 2.59. The first-order valence-electron chi connectivity index (χ1n) is 9.62. The van der Waals surface area contributed by atoms with Crippen molar-refractivity contribution in [2.24, 2.45) is 0 Å². The minimum atomic E-state index is -0.521. The first-order valence-corrected chi connectivity index (χ1v) is 9.62. The Morgan fingerprint density at radius 2 is 1.80 bits per heavy atom. The first-order chi connectivity index (χ1) is 12.1. The van der Waals surface area contributed by atoms with Crippen LogP contribution in [-0.4, -0.2) is 29.2 Å². The van der Waals surface area contributed by atoms with Gasteiger partial charge in [-0.3, -0.25) is 4.79 Å². The Kier molecular flexibility index (Phi) is 11.0. The molecule has 1 rings (SSSR count). The zero-order chi connectivity index (χ0) is 18.5. The van der Waals surface area contributed by atoms with Crippen molar-refractivity contribution in [1.29, 1.82) is 0 Å². The highest BCUT2D eigenvalue weighted by molar-refractivity contribution is 5.79. The third kappa shape index (κ3) is 9.49. The number of unbranched alkanes of at least 4 members (excludes halogenated alkanes) is 6. The summed E-state index contributed by atoms with van der Waals surface area (Å²) < 4.78 is 5.00. The number of rotatable bonds is 14. The lowest BCUT2D eigenvalue weighted by Gasteiger charge is -2.10. The van der Waals surface area contributed by atoms with Crippen LogP contribution < -0.4 is 4.74 Å². The van der Waals surface area contributed by atoms with Crippen molar-refractivity contribution in [2.75, 3.05) is 7.11 Å². The third-order valence-corrected chi connectivity index (χ3v) is 4.54. The maximum Gasteiger partial charge on any atom is 0.160 e. The van der Waals surface area contributed by atoms with E-state index in [1.807, 2.05) is 6.07 Å². The molecule has 0 spiro atoms. The van der Waals surface area contributed by atoms with E-state index in [1.165, 1.54) is 39.2 Å². The fraction of sp³-hybridized carbons (Fsp3) is 0.667. The lowest BCUT2D eigenvalue weighted by Crippen LogP contribution is -2.13. The lowest BCUT2D eigenvalue weighted by molar-refractivity contribution is -0.121. The van der Waals surface area contributed by atoms with Gasteiger partial charge in [-0.1, -0.05) is 57.9 Å². The van der Waals surface area contributed by atoms with Crippen LogP contribution in [0.4, 0.5) is 0 Å². The summed E-state index contributed by atoms with van der Waals surface area (Å²) in [5, 5.41) is 19.7. The topological polar surface area (TPSA) is 66.8 Å². The number of hydrogen-bond donors (Lipinski definition) is 2. The standard InChI is InChI=1S/C21H34O4/c1-3-4-5-6-7-8-9-10-18(22)16-19(23)13-11-17-12-14-21(25-2)20(24)15-17/h12,14-15,18,22,24H,3-11,13,16H2,1-2H3. The van der Waals surface area contributed by atoms with Gasteiger partial charge in [0, 0.05) is 12.8 Å². The predicted molar refractivity (Wildman–Crippen MR) is 101 cm³/mol. The number of ketones is 1. The van der Waals surface area contributed by atoms with Gasteiger partial charge in [0.15, 0.2) is 11.5 Å². The molecule has 142 valence electrons. The van der Waals surface area contributed by atoms with Gasteiger partial charge < -0.3 is 14.9 Å². The number of carbonyl (C=O) groups excluding carboxylic acids is 1. The Morgan fingerprint density at radius 3 is 2.44 bits per heavy atom. The van der Waals surface area contributed by atoms with Crippen molar-refractivity contribution in [3.8, 4) is 11.5 Å². The maximum absolute atomic E-state index is 12.0. The summed E-state index contributed by atoms with van der Waals surface area (Å²) in [5.41, 5.74) is 0.896. The number of hydrogen-bond acceptors (Lipinski definition) is 4. The predicted octanol–water partition coefficient (Wildman–Crippen LogP) is 4.79. The van der Waals surface area contributed by atoms with E-state index in [0.717, 1.165) is 18.4 Å². The summed E-state index contributed by atoms with van der Waals surface area (Å²) in [5.74, 6) is 0.595. The van der Waals surface area contributed by atoms with Crippen molar-refractivity contribution >= 4 is 5.78 Å². The van der Waals surface area contributed by atoms with Crippen molar-refractivity contribution < 1.29 is 19.7 Å². The van der Waals surface area contributed by atoms with Gasteiger partial charge in [0.05, 0.1) is 13.2 Å². The van der Waals surface area contributed by atoms with E-state index in [4.69, 9.17) is 4.74 Å². The molecule has 1 atom stereocenters. The van der Waals surface area contributed by atoms with Crippen LogP contribution in [0, 0.1) is 0 Å². The number of aromatic hydroxyl groups is 1. The molecule has 0 fully saturated rings. The highest BCUT2D eigenvalue weighted by atomic mass is 16.5. The van der Waals surface area contributed by atoms with Crippen molar-refractivity contribution in [3.05, 3.63) is 23.8 Å². The van der Waals surface area contributed by atoms with Crippen molar-refractivity contribution in [1.82, 2.24) is 0 Å². The molecule has 1 aromatic carbocycles. The van der Waals surface area contributed by atoms with E-state index in [9.17, 15) is 15.0 Å². The van der Waals surface area contributed by atoms with Crippen LogP contribution in [-0.2, 0) is 11.2 Å². The van der Waals surface area contributed by atoms with Gasteiger partial charge in [0.2, 0.25) is 0 Å². The second-order valence-corrected chi connectivity index (χ2v) is 6.81. The van der Waals surface area contributed by atoms with Crippen LogP contribution in [0.5, 0.6) is 11.5 Å². The molecule has 0 aliphatic carbocycles. The molecule has 0 amide bonds. The zero-order valence-corrected chi connectivity index (χ0v) is 15.8. The quantitative estimate of drug-likeness (QED) is 0.473. The summed E-state index contributed by atoms with van der Waals surface area (Å²) in [6.07, 6.45) is 9.89. The highest BCUT2D eigenvalue weighted by Crippen LogP contribution is 2.26. The number of aryl methyl sites for hydroxylation is 1. The Balaban J connectivity index is 2.15. The first kappa shape index (κ1) is 21.5. The minimum Gasteiger partial charge on any atom is -0.504 e. The Morgan fingerprint density at radius 1 is 1.12 bits per heavy atom. The molecule has 0 aromatic heterocycles. The summed E-state index contributed by atoms with van der Waals surface area (Å²) >= 11 is 0. The number of carbonyl (C=O) groups is 1. The van der Waals surface area contributed by atoms with Crippen LogP contribution in [0.1, 0.15) is 76.7 Å². The third-order valence-electron chi connectivity index (χ3n) is 4.54. The molecule has 1 unspecified atom stereocenters. The largest absolute Gasteiger partial charge is 0.504 e. The van der Waals surface area contributed by atoms with Gasteiger partial charge in [-0.05, 0) is 30.5 Å². The molecule has 25 heavy (non-hydrogen) atoms. The monoisotopic (exact) mass is 350 g/mol. The zero-order valence-electron chi connectivity index (χ0n) is 15.8. The molecule has 2 N–H and O–H groups in total. The number of aliphatic hydroxyl groups excluding tert-OH is 1. The van der Waals surface area contributed by atoms with E-state index in [0.29, 0.717) is 25.0 Å². The summed E-state index contributed by atoms with van der Waals surface area (Å²) in [6, 6.07) is 5.17. The number of ether oxygens (including phenoxy) is 1. The van der Waals surface area contributed by atoms with Crippen LogP contribution in [0.3, 0.4) is 0 Å². The molecule has 0 bridgehead atoms. The lowest BCUT2D eigenvalue weighted by atomic mass is 10.0. The number of aliphatic hydroxyl groups is 1. The molecular weight excluding hydrogens is 316 g/mol. The number of phenolic OH excluding ortho intramolecular Hbond substituents is 1. The molecule has 0 heterocycles. The molecule has 0 aliphatic heterocycles. The Bertz CT molecular complexity index is 499. The molecule has 0 aliphatic rings. The fourth-order valence-corrected chi connectivity index (χ4v) is 2.98. The van der Waals surface area contributed by atoms with E-state index in [2.05, 4.69) is 6.92 Å². The number of methoxy groups -OCH3 is 1. The molecule has 0 radical (unpaired) electrons. The van der Waals surface area contributed by atoms with Crippen molar-refractivity contribution in [3.63, 3.8) is 0 Å². The van der Waals surface area contributed by atoms with Crippen LogP contribution in [0.2, 0.25) is 0 Å². The van der Waals surface area contributed by atoms with Gasteiger partial charge in [-0.25, -0.2) is 0 Å². The molecule has 0 saturated heterocycles. The molecule has 1 aromatic rings. The SMILES string of the molecule is CCCCCCCCCC(O)CC(=O)CCc1ccc(OC)c(O)c1. The Labute approximate surface area is 152 Å². The van der Waals surface area contributed by atoms with E-state index < -0.39 is 6.10 Å². The highest BCUT2D eigenvalue weighted by Gasteiger charge is 2.11. The Hall–Kier alpha value is -1.55. The smallest absolute Gasteiger partial charge is 0.160 e. The second kappa shape index (κ2) is 12.8. The van der Waals surface area contributed by atoms with Gasteiger partial charge in [-0.2, -0.15) is 0 Å². The molecular formula is C21H34O4. The fourth-order valence-electron chi connectivity index (χ4n) is 2.98. The second-order valence-electron chi connectivity index (χ2n) is 6.81. The average molecular weight is 350 g/mol. The van der Waals surface area contributed by atoms with Crippen LogP contribution in [0.25, 0.3) is 0 Å². The van der Waals surface area contributed by atoms with Gasteiger partial charge >= 0.3 is 0 Å². The normalized spacial score (nSPS) is 12.1. The summed E-state index contributed by atoms with van der Waals surface area (Å²) in [4.78, 5) is 12.0. The number of phenols is 1. The molecule has 0 saturated carbocycles. The van der Waals surface area contributed by atoms with Gasteiger partial charge in [0.1, 0.15) is 5.78 Å². The minimum absolute atomic E-state index is 0.0748. The summed E-state index contributed by atoms with van der Waals surface area (Å²) in [6.45, 7) is 2.21. The van der Waals surface area contributed by atoms with E-state index in [-0.39, 0.29) is 18.0 Å². The van der Waals surface area contributed by atoms with E-state index >= 15 is 0 Å². The van der Waals surface area contributed by atoms with E-state index in [1.54, 1.807) is 12.1 Å².